The van der Waals surface area contributed by atoms with Gasteiger partial charge in [0.25, 0.3) is 0 Å². The van der Waals surface area contributed by atoms with Crippen LogP contribution < -0.4 is 5.73 Å². The van der Waals surface area contributed by atoms with Crippen molar-refractivity contribution in [2.45, 2.75) is 53.5 Å². The summed E-state index contributed by atoms with van der Waals surface area (Å²) in [6.07, 6.45) is 2.38. The molecule has 0 aromatic heterocycles. The van der Waals surface area contributed by atoms with Gasteiger partial charge in [0.15, 0.2) is 0 Å². The Balaban J connectivity index is 3.98. The van der Waals surface area contributed by atoms with Crippen molar-refractivity contribution >= 4 is 0 Å². The molecule has 0 aromatic rings. The second-order valence-electron chi connectivity index (χ2n) is 4.48. The Labute approximate surface area is 71.4 Å². The van der Waals surface area contributed by atoms with Crippen LogP contribution in [0.5, 0.6) is 0 Å². The number of hydrogen-bond donors (Lipinski definition) is 1. The molecule has 0 rings (SSSR count). The van der Waals surface area contributed by atoms with Gasteiger partial charge in [0.05, 0.1) is 0 Å². The van der Waals surface area contributed by atoms with Gasteiger partial charge in [-0.3, -0.25) is 0 Å². The molecule has 0 aliphatic carbocycles. The van der Waals surface area contributed by atoms with E-state index in [4.69, 9.17) is 5.73 Å². The normalized spacial score (nSPS) is 18.0. The predicted molar refractivity (Wildman–Crippen MR) is 51.5 cm³/mol. The summed E-state index contributed by atoms with van der Waals surface area (Å²) in [5.74, 6) is 0.772. The minimum atomic E-state index is 0.332. The predicted octanol–water partition coefficient (Wildman–Crippen LogP) is 2.80. The maximum absolute atomic E-state index is 5.77. The molecular formula is C10H23N. The molecule has 1 heteroatoms. The summed E-state index contributed by atoms with van der Waals surface area (Å²) in [7, 11) is 0. The fourth-order valence-corrected chi connectivity index (χ4v) is 1.58. The van der Waals surface area contributed by atoms with Crippen LogP contribution in [0.25, 0.3) is 0 Å². The molecule has 0 saturated carbocycles. The van der Waals surface area contributed by atoms with Crippen LogP contribution in [0.4, 0.5) is 0 Å². The van der Waals surface area contributed by atoms with Gasteiger partial charge in [-0.2, -0.15) is 0 Å². The standard InChI is InChI=1S/C10H23N/c1-6-8(2)10(4,5)7-9(3)11/h8-9H,6-7,11H2,1-5H3. The third-order valence-electron chi connectivity index (χ3n) is 2.79. The summed E-state index contributed by atoms with van der Waals surface area (Å²) >= 11 is 0. The average molecular weight is 157 g/mol. The molecule has 2 atom stereocenters. The lowest BCUT2D eigenvalue weighted by Gasteiger charge is -2.32. The van der Waals surface area contributed by atoms with Gasteiger partial charge in [-0.25, -0.2) is 0 Å². The monoisotopic (exact) mass is 157 g/mol. The van der Waals surface area contributed by atoms with Crippen LogP contribution in [0.1, 0.15) is 47.5 Å². The van der Waals surface area contributed by atoms with Gasteiger partial charge in [0, 0.05) is 6.04 Å². The first-order valence-electron chi connectivity index (χ1n) is 4.65. The van der Waals surface area contributed by atoms with Crippen LogP contribution in [-0.2, 0) is 0 Å². The summed E-state index contributed by atoms with van der Waals surface area (Å²) in [6, 6.07) is 0.332. The lowest BCUT2D eigenvalue weighted by molar-refractivity contribution is 0.194. The Morgan fingerprint density at radius 2 is 1.73 bits per heavy atom. The highest BCUT2D eigenvalue weighted by Gasteiger charge is 2.25. The highest BCUT2D eigenvalue weighted by Crippen LogP contribution is 2.33. The maximum atomic E-state index is 5.77. The van der Waals surface area contributed by atoms with E-state index in [1.54, 1.807) is 0 Å². The molecule has 0 aliphatic heterocycles. The molecule has 68 valence electrons. The zero-order valence-corrected chi connectivity index (χ0v) is 8.65. The summed E-state index contributed by atoms with van der Waals surface area (Å²) < 4.78 is 0. The quantitative estimate of drug-likeness (QED) is 0.667. The molecule has 0 aliphatic rings. The van der Waals surface area contributed by atoms with Gasteiger partial charge < -0.3 is 5.73 Å². The summed E-state index contributed by atoms with van der Waals surface area (Å²) in [6.45, 7) is 11.3. The van der Waals surface area contributed by atoms with E-state index in [2.05, 4.69) is 34.6 Å². The third-order valence-corrected chi connectivity index (χ3v) is 2.79. The molecule has 0 fully saturated rings. The van der Waals surface area contributed by atoms with Crippen molar-refractivity contribution in [1.29, 1.82) is 0 Å². The van der Waals surface area contributed by atoms with Gasteiger partial charge in [0.2, 0.25) is 0 Å². The summed E-state index contributed by atoms with van der Waals surface area (Å²) in [4.78, 5) is 0. The van der Waals surface area contributed by atoms with Gasteiger partial charge >= 0.3 is 0 Å². The van der Waals surface area contributed by atoms with Crippen LogP contribution in [0, 0.1) is 11.3 Å². The van der Waals surface area contributed by atoms with Crippen molar-refractivity contribution in [2.24, 2.45) is 17.1 Å². The summed E-state index contributed by atoms with van der Waals surface area (Å²) in [5, 5.41) is 0. The van der Waals surface area contributed by atoms with Crippen molar-refractivity contribution in [1.82, 2.24) is 0 Å². The second kappa shape index (κ2) is 4.10. The fourth-order valence-electron chi connectivity index (χ4n) is 1.58. The Hall–Kier alpha value is -0.0400. The number of rotatable bonds is 4. The van der Waals surface area contributed by atoms with Crippen molar-refractivity contribution < 1.29 is 0 Å². The number of nitrogens with two attached hydrogens (primary N) is 1. The molecule has 0 aromatic carbocycles. The summed E-state index contributed by atoms with van der Waals surface area (Å²) in [5.41, 5.74) is 6.18. The van der Waals surface area contributed by atoms with Crippen LogP contribution in [-0.4, -0.2) is 6.04 Å². The van der Waals surface area contributed by atoms with Crippen molar-refractivity contribution in [3.63, 3.8) is 0 Å². The minimum absolute atomic E-state index is 0.332. The molecule has 1 nitrogen and oxygen atoms in total. The van der Waals surface area contributed by atoms with E-state index in [9.17, 15) is 0 Å². The molecule has 11 heavy (non-hydrogen) atoms. The highest BCUT2D eigenvalue weighted by molar-refractivity contribution is 4.77. The van der Waals surface area contributed by atoms with Gasteiger partial charge in [0.1, 0.15) is 0 Å². The molecule has 0 saturated heterocycles. The van der Waals surface area contributed by atoms with Crippen molar-refractivity contribution in [3.05, 3.63) is 0 Å². The van der Waals surface area contributed by atoms with E-state index in [0.29, 0.717) is 11.5 Å². The average Bonchev–Trinajstić information content (AvgIpc) is 1.83. The Morgan fingerprint density at radius 3 is 2.00 bits per heavy atom. The van der Waals surface area contributed by atoms with E-state index >= 15 is 0 Å². The first kappa shape index (κ1) is 11.0. The molecule has 0 spiro atoms. The van der Waals surface area contributed by atoms with Crippen LogP contribution in [0.3, 0.4) is 0 Å². The molecular weight excluding hydrogens is 134 g/mol. The lowest BCUT2D eigenvalue weighted by Crippen LogP contribution is -2.29. The van der Waals surface area contributed by atoms with Crippen molar-refractivity contribution in [2.75, 3.05) is 0 Å². The Kier molecular flexibility index (Phi) is 4.09. The van der Waals surface area contributed by atoms with Crippen molar-refractivity contribution in [3.8, 4) is 0 Å². The van der Waals surface area contributed by atoms with E-state index in [0.717, 1.165) is 12.3 Å². The number of hydrogen-bond acceptors (Lipinski definition) is 1. The zero-order valence-electron chi connectivity index (χ0n) is 8.65. The van der Waals surface area contributed by atoms with Crippen LogP contribution in [0.2, 0.25) is 0 Å². The molecule has 0 amide bonds. The SMILES string of the molecule is CCC(C)C(C)(C)CC(C)N. The molecule has 2 unspecified atom stereocenters. The van der Waals surface area contributed by atoms with Crippen LogP contribution >= 0.6 is 0 Å². The third kappa shape index (κ3) is 3.76. The van der Waals surface area contributed by atoms with E-state index < -0.39 is 0 Å². The smallest absolute Gasteiger partial charge is 0.00156 e. The highest BCUT2D eigenvalue weighted by atomic mass is 14.6. The largest absolute Gasteiger partial charge is 0.328 e. The zero-order chi connectivity index (χ0) is 9.07. The maximum Gasteiger partial charge on any atom is 0.00156 e. The first-order valence-corrected chi connectivity index (χ1v) is 4.65. The minimum Gasteiger partial charge on any atom is -0.328 e. The van der Waals surface area contributed by atoms with Gasteiger partial charge in [-0.15, -0.1) is 0 Å². The Morgan fingerprint density at radius 1 is 1.27 bits per heavy atom. The lowest BCUT2D eigenvalue weighted by atomic mass is 9.74. The van der Waals surface area contributed by atoms with Crippen LogP contribution in [0.15, 0.2) is 0 Å². The van der Waals surface area contributed by atoms with E-state index in [1.807, 2.05) is 0 Å². The van der Waals surface area contributed by atoms with E-state index in [1.165, 1.54) is 6.42 Å². The topological polar surface area (TPSA) is 26.0 Å². The van der Waals surface area contributed by atoms with E-state index in [-0.39, 0.29) is 0 Å². The first-order chi connectivity index (χ1) is 4.90. The molecule has 0 radical (unpaired) electrons. The molecule has 2 N–H and O–H groups in total. The Bertz CT molecular complexity index is 105. The van der Waals surface area contributed by atoms with Gasteiger partial charge in [-0.1, -0.05) is 34.1 Å². The van der Waals surface area contributed by atoms with Gasteiger partial charge in [-0.05, 0) is 24.7 Å². The fraction of sp³-hybridized carbons (Fsp3) is 1.00. The second-order valence-corrected chi connectivity index (χ2v) is 4.48. The molecule has 0 bridgehead atoms. The molecule has 0 heterocycles.